The fourth-order valence-electron chi connectivity index (χ4n) is 3.08. The largest absolute Gasteiger partial charge is 0.345 e. The summed E-state index contributed by atoms with van der Waals surface area (Å²) in [5.74, 6) is -0.0594. The maximum Gasteiger partial charge on any atom is 0.245 e. The summed E-state index contributed by atoms with van der Waals surface area (Å²) in [4.78, 5) is 21.2. The SMILES string of the molecule is Cl.NC1(C(=O)N2CCN(S(=O)(=O)c3c[nH]c4ncccc34)CC2)CC1. The van der Waals surface area contributed by atoms with Crippen molar-refractivity contribution in [3.05, 3.63) is 24.5 Å². The van der Waals surface area contributed by atoms with Gasteiger partial charge in [-0.3, -0.25) is 4.79 Å². The van der Waals surface area contributed by atoms with Crippen molar-refractivity contribution in [3.8, 4) is 0 Å². The predicted octanol–water partition coefficient (Wildman–Crippen LogP) is 0.309. The van der Waals surface area contributed by atoms with Crippen LogP contribution in [0.5, 0.6) is 0 Å². The van der Waals surface area contributed by atoms with E-state index in [1.165, 1.54) is 10.5 Å². The molecule has 1 saturated heterocycles. The van der Waals surface area contributed by atoms with Gasteiger partial charge in [-0.05, 0) is 25.0 Å². The van der Waals surface area contributed by atoms with Gasteiger partial charge in [0, 0.05) is 44.0 Å². The highest BCUT2D eigenvalue weighted by Crippen LogP contribution is 2.34. The number of amides is 1. The highest BCUT2D eigenvalue weighted by Gasteiger charge is 2.48. The van der Waals surface area contributed by atoms with Crippen molar-refractivity contribution >= 4 is 39.4 Å². The molecule has 8 nitrogen and oxygen atoms in total. The van der Waals surface area contributed by atoms with E-state index < -0.39 is 15.6 Å². The summed E-state index contributed by atoms with van der Waals surface area (Å²) in [6.07, 6.45) is 4.52. The third-order valence-electron chi connectivity index (χ3n) is 4.77. The van der Waals surface area contributed by atoms with Gasteiger partial charge in [0.05, 0.1) is 5.54 Å². The number of aromatic nitrogens is 2. The first-order chi connectivity index (χ1) is 11.4. The topological polar surface area (TPSA) is 112 Å². The Morgan fingerprint density at radius 1 is 1.24 bits per heavy atom. The zero-order valence-corrected chi connectivity index (χ0v) is 15.1. The summed E-state index contributed by atoms with van der Waals surface area (Å²) in [6.45, 7) is 1.30. The Bertz CT molecular complexity index is 901. The molecule has 0 bridgehead atoms. The molecule has 3 N–H and O–H groups in total. The summed E-state index contributed by atoms with van der Waals surface area (Å²) in [5.41, 5.74) is 5.79. The van der Waals surface area contributed by atoms with Gasteiger partial charge < -0.3 is 15.6 Å². The van der Waals surface area contributed by atoms with Crippen molar-refractivity contribution in [2.75, 3.05) is 26.2 Å². The highest BCUT2D eigenvalue weighted by molar-refractivity contribution is 7.89. The van der Waals surface area contributed by atoms with Gasteiger partial charge in [0.1, 0.15) is 10.5 Å². The number of rotatable bonds is 3. The summed E-state index contributed by atoms with van der Waals surface area (Å²) in [7, 11) is -3.62. The van der Waals surface area contributed by atoms with Gasteiger partial charge in [-0.25, -0.2) is 13.4 Å². The summed E-state index contributed by atoms with van der Waals surface area (Å²) >= 11 is 0. The molecule has 1 aliphatic carbocycles. The molecule has 0 unspecified atom stereocenters. The van der Waals surface area contributed by atoms with E-state index >= 15 is 0 Å². The van der Waals surface area contributed by atoms with Crippen molar-refractivity contribution in [2.45, 2.75) is 23.3 Å². The number of H-pyrrole nitrogens is 1. The summed E-state index contributed by atoms with van der Waals surface area (Å²) in [6, 6.07) is 3.44. The fourth-order valence-corrected chi connectivity index (χ4v) is 4.65. The van der Waals surface area contributed by atoms with E-state index in [4.69, 9.17) is 5.73 Å². The molecule has 4 rings (SSSR count). The quantitative estimate of drug-likeness (QED) is 0.789. The number of nitrogens with one attached hydrogen (secondary N) is 1. The van der Waals surface area contributed by atoms with Gasteiger partial charge in [-0.2, -0.15) is 4.31 Å². The van der Waals surface area contributed by atoms with Crippen LogP contribution < -0.4 is 5.73 Å². The number of piperazine rings is 1. The van der Waals surface area contributed by atoms with Crippen molar-refractivity contribution in [2.24, 2.45) is 5.73 Å². The average molecular weight is 386 g/mol. The normalized spacial score (nSPS) is 20.3. The van der Waals surface area contributed by atoms with E-state index in [0.29, 0.717) is 37.0 Å². The Kier molecular flexibility index (Phi) is 4.52. The number of aromatic amines is 1. The molecule has 25 heavy (non-hydrogen) atoms. The maximum atomic E-state index is 12.9. The predicted molar refractivity (Wildman–Crippen MR) is 94.8 cm³/mol. The molecule has 2 aromatic rings. The Labute approximate surface area is 151 Å². The van der Waals surface area contributed by atoms with Crippen LogP contribution in [0.3, 0.4) is 0 Å². The van der Waals surface area contributed by atoms with Gasteiger partial charge in [-0.1, -0.05) is 0 Å². The smallest absolute Gasteiger partial charge is 0.245 e. The summed E-state index contributed by atoms with van der Waals surface area (Å²) in [5, 5.41) is 0.579. The number of carbonyl (C=O) groups excluding carboxylic acids is 1. The van der Waals surface area contributed by atoms with Crippen molar-refractivity contribution in [3.63, 3.8) is 0 Å². The molecular weight excluding hydrogens is 366 g/mol. The lowest BCUT2D eigenvalue weighted by Crippen LogP contribution is -2.55. The van der Waals surface area contributed by atoms with Crippen LogP contribution in [-0.4, -0.2) is 65.2 Å². The van der Waals surface area contributed by atoms with E-state index in [-0.39, 0.29) is 36.3 Å². The van der Waals surface area contributed by atoms with Gasteiger partial charge in [0.2, 0.25) is 15.9 Å². The highest BCUT2D eigenvalue weighted by atomic mass is 35.5. The van der Waals surface area contributed by atoms with Gasteiger partial charge >= 0.3 is 0 Å². The van der Waals surface area contributed by atoms with Gasteiger partial charge in [-0.15, -0.1) is 12.4 Å². The van der Waals surface area contributed by atoms with Crippen molar-refractivity contribution < 1.29 is 13.2 Å². The minimum absolute atomic E-state index is 0. The first-order valence-corrected chi connectivity index (χ1v) is 9.36. The lowest BCUT2D eigenvalue weighted by molar-refractivity contribution is -0.134. The standard InChI is InChI=1S/C15H19N5O3S.ClH/c16-15(3-4-15)14(21)19-6-8-20(9-7-19)24(22,23)12-10-18-13-11(12)2-1-5-17-13;/h1-2,5,10H,3-4,6-9,16H2,(H,17,18);1H. The number of hydrogen-bond acceptors (Lipinski definition) is 5. The first-order valence-electron chi connectivity index (χ1n) is 7.92. The second-order valence-electron chi connectivity index (χ2n) is 6.40. The van der Waals surface area contributed by atoms with Crippen LogP contribution in [0.15, 0.2) is 29.4 Å². The third kappa shape index (κ3) is 3.01. The second-order valence-corrected chi connectivity index (χ2v) is 8.31. The van der Waals surface area contributed by atoms with Crippen LogP contribution in [0.4, 0.5) is 0 Å². The van der Waals surface area contributed by atoms with Crippen LogP contribution in [0, 0.1) is 0 Å². The minimum Gasteiger partial charge on any atom is -0.345 e. The minimum atomic E-state index is -3.62. The van der Waals surface area contributed by atoms with E-state index in [0.717, 1.165) is 0 Å². The fraction of sp³-hybridized carbons (Fsp3) is 0.467. The molecule has 1 aliphatic heterocycles. The number of carbonyl (C=O) groups is 1. The van der Waals surface area contributed by atoms with Crippen molar-refractivity contribution in [1.29, 1.82) is 0 Å². The number of fused-ring (bicyclic) bond motifs is 1. The number of sulfonamides is 1. The number of pyridine rings is 1. The summed E-state index contributed by atoms with van der Waals surface area (Å²) < 4.78 is 27.2. The van der Waals surface area contributed by atoms with Crippen LogP contribution in [0.25, 0.3) is 11.0 Å². The molecule has 3 heterocycles. The van der Waals surface area contributed by atoms with Crippen LogP contribution in [0.2, 0.25) is 0 Å². The molecule has 1 saturated carbocycles. The molecule has 2 aliphatic rings. The molecule has 1 amide bonds. The third-order valence-corrected chi connectivity index (χ3v) is 6.71. The monoisotopic (exact) mass is 385 g/mol. The number of nitrogens with two attached hydrogens (primary N) is 1. The van der Waals surface area contributed by atoms with Crippen LogP contribution >= 0.6 is 12.4 Å². The molecular formula is C15H20ClN5O3S. The molecule has 0 radical (unpaired) electrons. The van der Waals surface area contributed by atoms with Crippen LogP contribution in [0.1, 0.15) is 12.8 Å². The lowest BCUT2D eigenvalue weighted by atomic mass is 10.2. The van der Waals surface area contributed by atoms with E-state index in [2.05, 4.69) is 9.97 Å². The van der Waals surface area contributed by atoms with E-state index in [9.17, 15) is 13.2 Å². The molecule has 0 spiro atoms. The Hall–Kier alpha value is -1.68. The van der Waals surface area contributed by atoms with Gasteiger partial charge in [0.25, 0.3) is 0 Å². The molecule has 2 aromatic heterocycles. The molecule has 0 atom stereocenters. The van der Waals surface area contributed by atoms with Gasteiger partial charge in [0.15, 0.2) is 0 Å². The molecule has 0 aromatic carbocycles. The molecule has 136 valence electrons. The average Bonchev–Trinajstić information content (AvgIpc) is 3.19. The van der Waals surface area contributed by atoms with E-state index in [1.54, 1.807) is 23.2 Å². The van der Waals surface area contributed by atoms with Crippen LogP contribution in [-0.2, 0) is 14.8 Å². The Morgan fingerprint density at radius 3 is 2.56 bits per heavy atom. The maximum absolute atomic E-state index is 12.9. The zero-order chi connectivity index (χ0) is 16.9. The number of nitrogens with zero attached hydrogens (tertiary/aromatic N) is 3. The molecule has 10 heteroatoms. The zero-order valence-electron chi connectivity index (χ0n) is 13.5. The molecule has 2 fully saturated rings. The number of halogens is 1. The lowest BCUT2D eigenvalue weighted by Gasteiger charge is -2.35. The first kappa shape index (κ1) is 18.1. The van der Waals surface area contributed by atoms with Crippen molar-refractivity contribution in [1.82, 2.24) is 19.2 Å². The number of hydrogen-bond donors (Lipinski definition) is 2. The Morgan fingerprint density at radius 2 is 1.92 bits per heavy atom. The Balaban J connectivity index is 0.00000182. The van der Waals surface area contributed by atoms with E-state index in [1.807, 2.05) is 0 Å². The second kappa shape index (κ2) is 6.24.